The Morgan fingerprint density at radius 3 is 2.29 bits per heavy atom. The zero-order valence-corrected chi connectivity index (χ0v) is 14.6. The second-order valence-electron chi connectivity index (χ2n) is 7.02. The van der Waals surface area contributed by atoms with Gasteiger partial charge in [-0.05, 0) is 44.4 Å². The number of carbonyl (C=O) groups excluding carboxylic acids is 1. The summed E-state index contributed by atoms with van der Waals surface area (Å²) >= 11 is 0. The zero-order chi connectivity index (χ0) is 18.7. The molecule has 7 heteroatoms. The molecule has 0 spiro atoms. The summed E-state index contributed by atoms with van der Waals surface area (Å²) in [5.74, 6) is -0.452. The van der Waals surface area contributed by atoms with Gasteiger partial charge in [0.2, 0.25) is 5.91 Å². The van der Waals surface area contributed by atoms with Gasteiger partial charge in [-0.2, -0.15) is 13.2 Å². The molecule has 0 saturated carbocycles. The maximum absolute atomic E-state index is 13.3. The second-order valence-corrected chi connectivity index (χ2v) is 7.02. The normalized spacial score (nSPS) is 13.8. The molecular formula is C17H25F3N2O2. The molecule has 0 aliphatic rings. The van der Waals surface area contributed by atoms with E-state index in [4.69, 9.17) is 10.5 Å². The number of nitrogens with one attached hydrogen (secondary N) is 1. The Kier molecular flexibility index (Phi) is 6.27. The van der Waals surface area contributed by atoms with Crippen LogP contribution < -0.4 is 15.8 Å². The maximum atomic E-state index is 13.3. The van der Waals surface area contributed by atoms with Crippen molar-refractivity contribution in [3.8, 4) is 5.75 Å². The first kappa shape index (κ1) is 20.3. The minimum Gasteiger partial charge on any atom is -0.488 e. The van der Waals surface area contributed by atoms with Crippen LogP contribution in [0.3, 0.4) is 0 Å². The van der Waals surface area contributed by atoms with Gasteiger partial charge in [0.25, 0.3) is 0 Å². The summed E-state index contributed by atoms with van der Waals surface area (Å²) in [4.78, 5) is 11.8. The van der Waals surface area contributed by atoms with Crippen LogP contribution in [0.5, 0.6) is 5.75 Å². The van der Waals surface area contributed by atoms with Crippen molar-refractivity contribution in [3.05, 3.63) is 29.3 Å². The summed E-state index contributed by atoms with van der Waals surface area (Å²) in [7, 11) is 0. The van der Waals surface area contributed by atoms with E-state index in [1.54, 1.807) is 34.6 Å². The molecule has 3 N–H and O–H groups in total. The van der Waals surface area contributed by atoms with E-state index in [1.165, 1.54) is 12.1 Å². The first-order chi connectivity index (χ1) is 10.8. The van der Waals surface area contributed by atoms with E-state index in [9.17, 15) is 18.0 Å². The van der Waals surface area contributed by atoms with Crippen molar-refractivity contribution in [1.29, 1.82) is 0 Å². The van der Waals surface area contributed by atoms with Crippen LogP contribution in [-0.2, 0) is 17.5 Å². The second kappa shape index (κ2) is 7.42. The van der Waals surface area contributed by atoms with Gasteiger partial charge in [0.15, 0.2) is 0 Å². The SMILES string of the molecule is CC(C)[C@H](N)C(=O)NCc1ccc(OC(C)(C)C)cc1C(F)(F)F. The molecule has 136 valence electrons. The first-order valence-electron chi connectivity index (χ1n) is 7.73. The highest BCUT2D eigenvalue weighted by Crippen LogP contribution is 2.35. The van der Waals surface area contributed by atoms with Gasteiger partial charge in [-0.25, -0.2) is 0 Å². The van der Waals surface area contributed by atoms with E-state index in [1.807, 2.05) is 0 Å². The molecule has 0 bridgehead atoms. The van der Waals surface area contributed by atoms with Gasteiger partial charge >= 0.3 is 6.18 Å². The van der Waals surface area contributed by atoms with Gasteiger partial charge in [-0.1, -0.05) is 19.9 Å². The molecule has 0 aliphatic carbocycles. The van der Waals surface area contributed by atoms with Gasteiger partial charge in [0.1, 0.15) is 11.4 Å². The summed E-state index contributed by atoms with van der Waals surface area (Å²) in [6, 6.07) is 2.97. The maximum Gasteiger partial charge on any atom is 0.416 e. The van der Waals surface area contributed by atoms with Crippen LogP contribution in [-0.4, -0.2) is 17.6 Å². The van der Waals surface area contributed by atoms with Crippen LogP contribution in [0.2, 0.25) is 0 Å². The third kappa shape index (κ3) is 6.03. The van der Waals surface area contributed by atoms with Crippen molar-refractivity contribution in [3.63, 3.8) is 0 Å². The summed E-state index contributed by atoms with van der Waals surface area (Å²) in [5.41, 5.74) is 4.21. The van der Waals surface area contributed by atoms with Gasteiger partial charge < -0.3 is 15.8 Å². The van der Waals surface area contributed by atoms with Crippen LogP contribution >= 0.6 is 0 Å². The third-order valence-electron chi connectivity index (χ3n) is 3.28. The fourth-order valence-electron chi connectivity index (χ4n) is 1.99. The van der Waals surface area contributed by atoms with Crippen LogP contribution in [0.1, 0.15) is 45.7 Å². The first-order valence-corrected chi connectivity index (χ1v) is 7.73. The lowest BCUT2D eigenvalue weighted by Crippen LogP contribution is -2.43. The largest absolute Gasteiger partial charge is 0.488 e. The highest BCUT2D eigenvalue weighted by molar-refractivity contribution is 5.81. The quantitative estimate of drug-likeness (QED) is 0.858. The number of nitrogens with two attached hydrogens (primary N) is 1. The zero-order valence-electron chi connectivity index (χ0n) is 14.6. The van der Waals surface area contributed by atoms with E-state index in [2.05, 4.69) is 5.32 Å². The van der Waals surface area contributed by atoms with Gasteiger partial charge in [-0.3, -0.25) is 4.79 Å². The third-order valence-corrected chi connectivity index (χ3v) is 3.28. The number of ether oxygens (including phenoxy) is 1. The molecule has 0 unspecified atom stereocenters. The molecule has 0 radical (unpaired) electrons. The fourth-order valence-corrected chi connectivity index (χ4v) is 1.99. The molecule has 0 saturated heterocycles. The number of benzene rings is 1. The van der Waals surface area contributed by atoms with Crippen molar-refractivity contribution in [1.82, 2.24) is 5.32 Å². The number of carbonyl (C=O) groups is 1. The van der Waals surface area contributed by atoms with E-state index < -0.39 is 29.3 Å². The average molecular weight is 346 g/mol. The number of hydrogen-bond donors (Lipinski definition) is 2. The highest BCUT2D eigenvalue weighted by Gasteiger charge is 2.34. The van der Waals surface area contributed by atoms with Crippen LogP contribution in [0.15, 0.2) is 18.2 Å². The molecule has 1 amide bonds. The number of amides is 1. The smallest absolute Gasteiger partial charge is 0.416 e. The van der Waals surface area contributed by atoms with Gasteiger partial charge in [0.05, 0.1) is 11.6 Å². The predicted octanol–water partition coefficient (Wildman–Crippen LogP) is 3.48. The van der Waals surface area contributed by atoms with E-state index in [-0.39, 0.29) is 23.8 Å². The molecule has 24 heavy (non-hydrogen) atoms. The molecule has 0 fully saturated rings. The molecule has 1 rings (SSSR count). The Labute approximate surface area is 140 Å². The number of rotatable bonds is 5. The standard InChI is InChI=1S/C17H25F3N2O2/c1-10(2)14(21)15(23)22-9-11-6-7-12(24-16(3,4)5)8-13(11)17(18,19)20/h6-8,10,14H,9,21H2,1-5H3,(H,22,23)/t14-/m0/s1. The van der Waals surface area contributed by atoms with Crippen LogP contribution in [0.25, 0.3) is 0 Å². The average Bonchev–Trinajstić information content (AvgIpc) is 2.41. The molecule has 1 atom stereocenters. The number of hydrogen-bond acceptors (Lipinski definition) is 3. The lowest BCUT2D eigenvalue weighted by atomic mass is 10.0. The molecule has 1 aromatic carbocycles. The van der Waals surface area contributed by atoms with Gasteiger partial charge in [-0.15, -0.1) is 0 Å². The fraction of sp³-hybridized carbons (Fsp3) is 0.588. The molecule has 0 aromatic heterocycles. The van der Waals surface area contributed by atoms with Crippen molar-refractivity contribution < 1.29 is 22.7 Å². The Morgan fingerprint density at radius 2 is 1.83 bits per heavy atom. The van der Waals surface area contributed by atoms with E-state index in [0.29, 0.717) is 0 Å². The monoisotopic (exact) mass is 346 g/mol. The summed E-state index contributed by atoms with van der Waals surface area (Å²) < 4.78 is 45.3. The lowest BCUT2D eigenvalue weighted by Gasteiger charge is -2.23. The number of halogens is 3. The van der Waals surface area contributed by atoms with Crippen molar-refractivity contribution >= 4 is 5.91 Å². The van der Waals surface area contributed by atoms with Crippen molar-refractivity contribution in [2.45, 2.75) is 59.0 Å². The molecule has 0 aliphatic heterocycles. The summed E-state index contributed by atoms with van der Waals surface area (Å²) in [5, 5.41) is 2.46. The molecule has 4 nitrogen and oxygen atoms in total. The Morgan fingerprint density at radius 1 is 1.25 bits per heavy atom. The Bertz CT molecular complexity index is 578. The minimum atomic E-state index is -4.54. The summed E-state index contributed by atoms with van der Waals surface area (Å²) in [6.45, 7) is 8.54. The topological polar surface area (TPSA) is 64.4 Å². The molecule has 0 heterocycles. The van der Waals surface area contributed by atoms with E-state index in [0.717, 1.165) is 6.07 Å². The lowest BCUT2D eigenvalue weighted by molar-refractivity contribution is -0.138. The molecular weight excluding hydrogens is 321 g/mol. The van der Waals surface area contributed by atoms with Crippen molar-refractivity contribution in [2.75, 3.05) is 0 Å². The highest BCUT2D eigenvalue weighted by atomic mass is 19.4. The molecule has 1 aromatic rings. The number of alkyl halides is 3. The van der Waals surface area contributed by atoms with Crippen molar-refractivity contribution in [2.24, 2.45) is 11.7 Å². The minimum absolute atomic E-state index is 0.0342. The summed E-state index contributed by atoms with van der Waals surface area (Å²) in [6.07, 6.45) is -4.54. The van der Waals surface area contributed by atoms with E-state index >= 15 is 0 Å². The van der Waals surface area contributed by atoms with Crippen LogP contribution in [0, 0.1) is 5.92 Å². The Hall–Kier alpha value is -1.76. The van der Waals surface area contributed by atoms with Gasteiger partial charge in [0, 0.05) is 6.54 Å². The predicted molar refractivity (Wildman–Crippen MR) is 86.5 cm³/mol. The Balaban J connectivity index is 3.00. The van der Waals surface area contributed by atoms with Crippen LogP contribution in [0.4, 0.5) is 13.2 Å².